The first-order valence-corrected chi connectivity index (χ1v) is 7.96. The van der Waals surface area contributed by atoms with E-state index in [1.54, 1.807) is 19.0 Å². The van der Waals surface area contributed by atoms with Gasteiger partial charge in [0.25, 0.3) is 11.6 Å². The number of esters is 1. The predicted molar refractivity (Wildman–Crippen MR) is 96.3 cm³/mol. The van der Waals surface area contributed by atoms with E-state index in [0.717, 1.165) is 5.56 Å². The summed E-state index contributed by atoms with van der Waals surface area (Å²) in [7, 11) is 3.36. The van der Waals surface area contributed by atoms with Crippen LogP contribution in [-0.2, 0) is 11.3 Å². The van der Waals surface area contributed by atoms with E-state index in [9.17, 15) is 14.9 Å². The Morgan fingerprint density at radius 3 is 2.59 bits per heavy atom. The molecule has 9 heteroatoms. The fourth-order valence-electron chi connectivity index (χ4n) is 2.39. The fraction of sp³-hybridized carbons (Fsp3) is 0.167. The number of carbonyl (C=O) groups excluding carboxylic acids is 1. The van der Waals surface area contributed by atoms with E-state index in [2.05, 4.69) is 10.2 Å². The predicted octanol–water partition coefficient (Wildman–Crippen LogP) is 3.07. The highest BCUT2D eigenvalue weighted by Gasteiger charge is 2.20. The second-order valence-electron chi connectivity index (χ2n) is 5.80. The van der Waals surface area contributed by atoms with E-state index in [-0.39, 0.29) is 23.7 Å². The summed E-state index contributed by atoms with van der Waals surface area (Å²) >= 11 is 0. The zero-order valence-electron chi connectivity index (χ0n) is 14.7. The number of anilines is 1. The molecule has 9 nitrogen and oxygen atoms in total. The number of aromatic nitrogens is 2. The number of hydrogen-bond acceptors (Lipinski definition) is 8. The van der Waals surface area contributed by atoms with Crippen molar-refractivity contribution in [2.45, 2.75) is 6.61 Å². The van der Waals surface area contributed by atoms with Gasteiger partial charge in [0.1, 0.15) is 5.69 Å². The summed E-state index contributed by atoms with van der Waals surface area (Å²) in [6.07, 6.45) is 0. The van der Waals surface area contributed by atoms with Gasteiger partial charge in [-0.25, -0.2) is 4.79 Å². The molecule has 3 rings (SSSR count). The van der Waals surface area contributed by atoms with Crippen molar-refractivity contribution in [2.24, 2.45) is 0 Å². The van der Waals surface area contributed by atoms with E-state index < -0.39 is 10.9 Å². The summed E-state index contributed by atoms with van der Waals surface area (Å²) in [6, 6.07) is 13.3. The average Bonchev–Trinajstić information content (AvgIpc) is 3.15. The minimum absolute atomic E-state index is 0.0649. The van der Waals surface area contributed by atoms with Crippen LogP contribution in [0.4, 0.5) is 11.4 Å². The van der Waals surface area contributed by atoms with Gasteiger partial charge in [-0.15, -0.1) is 10.2 Å². The van der Waals surface area contributed by atoms with Gasteiger partial charge in [0.05, 0.1) is 10.5 Å². The molecule has 0 unspecified atom stereocenters. The van der Waals surface area contributed by atoms with Gasteiger partial charge >= 0.3 is 5.97 Å². The Labute approximate surface area is 154 Å². The maximum atomic E-state index is 12.2. The molecule has 1 aromatic heterocycles. The monoisotopic (exact) mass is 368 g/mol. The summed E-state index contributed by atoms with van der Waals surface area (Å²) < 4.78 is 10.6. The van der Waals surface area contributed by atoms with Gasteiger partial charge in [-0.05, 0) is 24.3 Å². The van der Waals surface area contributed by atoms with Crippen molar-refractivity contribution in [3.63, 3.8) is 0 Å². The topological polar surface area (TPSA) is 112 Å². The summed E-state index contributed by atoms with van der Waals surface area (Å²) in [5, 5.41) is 18.9. The number of hydrogen-bond donors (Lipinski definition) is 0. The van der Waals surface area contributed by atoms with E-state index in [1.807, 2.05) is 30.3 Å². The lowest BCUT2D eigenvalue weighted by molar-refractivity contribution is -0.384. The van der Waals surface area contributed by atoms with Gasteiger partial charge in [0, 0.05) is 25.7 Å². The van der Waals surface area contributed by atoms with Crippen LogP contribution in [-0.4, -0.2) is 35.2 Å². The standard InChI is InChI=1S/C18H16N4O5/c1-21(2)14-9-8-13(10-15(14)22(24)25)18(23)26-11-16-19-20-17(27-16)12-6-4-3-5-7-12/h3-10H,11H2,1-2H3. The quantitative estimate of drug-likeness (QED) is 0.371. The van der Waals surface area contributed by atoms with Gasteiger partial charge < -0.3 is 14.1 Å². The van der Waals surface area contributed by atoms with Crippen LogP contribution in [0.15, 0.2) is 52.9 Å². The molecule has 0 radical (unpaired) electrons. The summed E-state index contributed by atoms with van der Waals surface area (Å²) in [4.78, 5) is 24.5. The van der Waals surface area contributed by atoms with E-state index in [4.69, 9.17) is 9.15 Å². The molecule has 0 amide bonds. The van der Waals surface area contributed by atoms with Crippen molar-refractivity contribution in [3.8, 4) is 11.5 Å². The number of rotatable bonds is 6. The smallest absolute Gasteiger partial charge is 0.338 e. The molecule has 3 aromatic rings. The molecular weight excluding hydrogens is 352 g/mol. The normalized spacial score (nSPS) is 10.4. The second kappa shape index (κ2) is 7.65. The molecule has 138 valence electrons. The van der Waals surface area contributed by atoms with Crippen LogP contribution < -0.4 is 4.90 Å². The number of ether oxygens (including phenoxy) is 1. The van der Waals surface area contributed by atoms with Gasteiger partial charge in [-0.2, -0.15) is 0 Å². The minimum Gasteiger partial charge on any atom is -0.452 e. The van der Waals surface area contributed by atoms with Crippen molar-refractivity contribution >= 4 is 17.3 Å². The Kier molecular flexibility index (Phi) is 5.11. The Hall–Kier alpha value is -3.75. The first-order chi connectivity index (χ1) is 13.0. The molecular formula is C18H16N4O5. The van der Waals surface area contributed by atoms with Crippen molar-refractivity contribution in [2.75, 3.05) is 19.0 Å². The molecule has 1 heterocycles. The van der Waals surface area contributed by atoms with Crippen LogP contribution in [0.1, 0.15) is 16.2 Å². The zero-order valence-corrected chi connectivity index (χ0v) is 14.7. The molecule has 2 aromatic carbocycles. The molecule has 0 aliphatic carbocycles. The number of nitro benzene ring substituents is 1. The van der Waals surface area contributed by atoms with E-state index in [1.165, 1.54) is 18.2 Å². The van der Waals surface area contributed by atoms with Crippen molar-refractivity contribution in [1.82, 2.24) is 10.2 Å². The molecule has 0 aliphatic rings. The Morgan fingerprint density at radius 1 is 1.19 bits per heavy atom. The molecule has 0 N–H and O–H groups in total. The van der Waals surface area contributed by atoms with E-state index in [0.29, 0.717) is 11.6 Å². The molecule has 0 aliphatic heterocycles. The van der Waals surface area contributed by atoms with E-state index >= 15 is 0 Å². The zero-order chi connectivity index (χ0) is 19.4. The summed E-state index contributed by atoms with van der Waals surface area (Å²) in [6.45, 7) is -0.234. The van der Waals surface area contributed by atoms with Crippen molar-refractivity contribution in [1.29, 1.82) is 0 Å². The van der Waals surface area contributed by atoms with Crippen LogP contribution in [0.3, 0.4) is 0 Å². The number of nitro groups is 1. The first kappa shape index (κ1) is 18.1. The van der Waals surface area contributed by atoms with Gasteiger partial charge in [-0.3, -0.25) is 10.1 Å². The maximum absolute atomic E-state index is 12.2. The summed E-state index contributed by atoms with van der Waals surface area (Å²) in [5.41, 5.74) is 1.02. The maximum Gasteiger partial charge on any atom is 0.338 e. The largest absolute Gasteiger partial charge is 0.452 e. The van der Waals surface area contributed by atoms with Crippen LogP contribution in [0, 0.1) is 10.1 Å². The summed E-state index contributed by atoms with van der Waals surface area (Å²) in [5.74, 6) is -0.280. The van der Waals surface area contributed by atoms with Gasteiger partial charge in [0.15, 0.2) is 6.61 Å². The van der Waals surface area contributed by atoms with Crippen LogP contribution in [0.25, 0.3) is 11.5 Å². The molecule has 0 atom stereocenters. The Balaban J connectivity index is 1.70. The highest BCUT2D eigenvalue weighted by atomic mass is 16.6. The third-order valence-electron chi connectivity index (χ3n) is 3.70. The molecule has 0 spiro atoms. The lowest BCUT2D eigenvalue weighted by Gasteiger charge is -2.13. The first-order valence-electron chi connectivity index (χ1n) is 7.96. The van der Waals surface area contributed by atoms with Crippen molar-refractivity contribution < 1.29 is 18.9 Å². The average molecular weight is 368 g/mol. The highest BCUT2D eigenvalue weighted by Crippen LogP contribution is 2.28. The number of nitrogens with zero attached hydrogens (tertiary/aromatic N) is 4. The second-order valence-corrected chi connectivity index (χ2v) is 5.80. The SMILES string of the molecule is CN(C)c1ccc(C(=O)OCc2nnc(-c3ccccc3)o2)cc1[N+](=O)[O-]. The van der Waals surface area contributed by atoms with Crippen LogP contribution in [0.2, 0.25) is 0 Å². The third-order valence-corrected chi connectivity index (χ3v) is 3.70. The minimum atomic E-state index is -0.720. The Morgan fingerprint density at radius 2 is 1.93 bits per heavy atom. The van der Waals surface area contributed by atoms with Crippen molar-refractivity contribution in [3.05, 3.63) is 70.1 Å². The van der Waals surface area contributed by atoms with Crippen LogP contribution >= 0.6 is 0 Å². The lowest BCUT2D eigenvalue weighted by atomic mass is 10.1. The molecule has 0 fully saturated rings. The number of benzene rings is 2. The van der Waals surface area contributed by atoms with Gasteiger partial charge in [0.2, 0.25) is 5.89 Å². The number of carbonyl (C=O) groups is 1. The van der Waals surface area contributed by atoms with Gasteiger partial charge in [-0.1, -0.05) is 18.2 Å². The fourth-order valence-corrected chi connectivity index (χ4v) is 2.39. The van der Waals surface area contributed by atoms with Crippen LogP contribution in [0.5, 0.6) is 0 Å². The highest BCUT2D eigenvalue weighted by molar-refractivity contribution is 5.91. The lowest BCUT2D eigenvalue weighted by Crippen LogP contribution is -2.12. The molecule has 0 saturated carbocycles. The molecule has 0 bridgehead atoms. The third kappa shape index (κ3) is 4.09. The Bertz CT molecular complexity index is 969. The molecule has 0 saturated heterocycles. The molecule has 27 heavy (non-hydrogen) atoms.